The molecule has 0 saturated carbocycles. The van der Waals surface area contributed by atoms with Gasteiger partial charge in [0.15, 0.2) is 0 Å². The van der Waals surface area contributed by atoms with Gasteiger partial charge in [0, 0.05) is 30.4 Å². The molecule has 0 N–H and O–H groups in total. The van der Waals surface area contributed by atoms with E-state index in [2.05, 4.69) is 84.4 Å². The van der Waals surface area contributed by atoms with E-state index in [1.165, 1.54) is 125 Å². The Bertz CT molecular complexity index is 998. The summed E-state index contributed by atoms with van der Waals surface area (Å²) in [5.41, 5.74) is 4.89. The topological polar surface area (TPSA) is 16.1 Å². The van der Waals surface area contributed by atoms with Crippen LogP contribution in [0.4, 0.5) is 5.69 Å². The molecule has 2 aromatic carbocycles. The molecule has 0 atom stereocenters. The lowest BCUT2D eigenvalue weighted by atomic mass is 10.1. The van der Waals surface area contributed by atoms with Crippen LogP contribution in [0.3, 0.4) is 0 Å². The largest absolute Gasteiger partial charge is 0.372 e. The van der Waals surface area contributed by atoms with Gasteiger partial charge < -0.3 is 4.90 Å². The molecule has 0 saturated heterocycles. The Morgan fingerprint density at radius 2 is 1.16 bits per heavy atom. The van der Waals surface area contributed by atoms with Crippen LogP contribution in [-0.2, 0) is 0 Å². The quantitative estimate of drug-likeness (QED) is 0.153. The summed E-state index contributed by atoms with van der Waals surface area (Å²) in [4.78, 5) is 7.13. The lowest BCUT2D eigenvalue weighted by Crippen LogP contribution is -2.25. The van der Waals surface area contributed by atoms with Crippen LogP contribution in [0, 0.1) is 0 Å². The molecule has 0 unspecified atom stereocenters. The summed E-state index contributed by atoms with van der Waals surface area (Å²) >= 11 is 0. The van der Waals surface area contributed by atoms with Gasteiger partial charge in [-0.15, -0.1) is 0 Å². The monoisotopic (exact) mass is 498 g/mol. The third kappa shape index (κ3) is 10.7. The number of para-hydroxylation sites is 1. The number of pyridine rings is 1. The summed E-state index contributed by atoms with van der Waals surface area (Å²) in [6.07, 6.45) is 25.5. The highest BCUT2D eigenvalue weighted by atomic mass is 15.1. The molecule has 0 aliphatic heterocycles. The summed E-state index contributed by atoms with van der Waals surface area (Å²) in [5, 5.41) is 1.20. The fourth-order valence-corrected chi connectivity index (χ4v) is 5.14. The molecule has 0 aliphatic rings. The molecular formula is C35H50N2. The van der Waals surface area contributed by atoms with Crippen molar-refractivity contribution in [1.82, 2.24) is 4.98 Å². The first-order valence-corrected chi connectivity index (χ1v) is 15.2. The van der Waals surface area contributed by atoms with E-state index < -0.39 is 0 Å². The second-order valence-electron chi connectivity index (χ2n) is 10.6. The van der Waals surface area contributed by atoms with Gasteiger partial charge in [-0.1, -0.05) is 133 Å². The van der Waals surface area contributed by atoms with E-state index in [-0.39, 0.29) is 0 Å². The number of rotatable bonds is 19. The van der Waals surface area contributed by atoms with Crippen molar-refractivity contribution >= 4 is 28.7 Å². The summed E-state index contributed by atoms with van der Waals surface area (Å²) in [5.74, 6) is 0. The van der Waals surface area contributed by atoms with Crippen LogP contribution >= 0.6 is 0 Å². The molecule has 0 radical (unpaired) electrons. The minimum atomic E-state index is 1.05. The van der Waals surface area contributed by atoms with E-state index in [1.54, 1.807) is 0 Å². The van der Waals surface area contributed by atoms with Crippen LogP contribution < -0.4 is 4.90 Å². The van der Waals surface area contributed by atoms with Crippen molar-refractivity contribution < 1.29 is 0 Å². The van der Waals surface area contributed by atoms with Crippen LogP contribution in [0.2, 0.25) is 0 Å². The summed E-state index contributed by atoms with van der Waals surface area (Å²) in [6, 6.07) is 19.7. The third-order valence-corrected chi connectivity index (χ3v) is 7.46. The van der Waals surface area contributed by atoms with Crippen LogP contribution in [-0.4, -0.2) is 18.1 Å². The fraction of sp³-hybridized carbons (Fsp3) is 0.514. The molecule has 0 spiro atoms. The van der Waals surface area contributed by atoms with E-state index in [0.29, 0.717) is 0 Å². The van der Waals surface area contributed by atoms with Crippen LogP contribution in [0.25, 0.3) is 23.1 Å². The normalized spacial score (nSPS) is 11.5. The highest BCUT2D eigenvalue weighted by Gasteiger charge is 2.07. The number of aromatic nitrogens is 1. The predicted octanol–water partition coefficient (Wildman–Crippen LogP) is 10.7. The maximum Gasteiger partial charge on any atom is 0.0707 e. The molecule has 0 bridgehead atoms. The summed E-state index contributed by atoms with van der Waals surface area (Å²) in [6.45, 7) is 6.96. The molecule has 1 heterocycles. The lowest BCUT2D eigenvalue weighted by molar-refractivity contribution is 0.564. The van der Waals surface area contributed by atoms with Crippen LogP contribution in [0.15, 0.2) is 60.8 Å². The van der Waals surface area contributed by atoms with Crippen LogP contribution in [0.5, 0.6) is 0 Å². The van der Waals surface area contributed by atoms with E-state index in [4.69, 9.17) is 0 Å². The molecule has 0 aliphatic carbocycles. The summed E-state index contributed by atoms with van der Waals surface area (Å²) < 4.78 is 0. The highest BCUT2D eigenvalue weighted by molar-refractivity contribution is 5.90. The van der Waals surface area contributed by atoms with Crippen molar-refractivity contribution in [2.24, 2.45) is 0 Å². The number of hydrogen-bond acceptors (Lipinski definition) is 2. The Labute approximate surface area is 227 Å². The molecule has 2 nitrogen and oxygen atoms in total. The van der Waals surface area contributed by atoms with Gasteiger partial charge in [0.05, 0.1) is 5.52 Å². The number of fused-ring (bicyclic) bond motifs is 1. The molecule has 2 heteroatoms. The first-order valence-electron chi connectivity index (χ1n) is 15.2. The Morgan fingerprint density at radius 3 is 1.78 bits per heavy atom. The second kappa shape index (κ2) is 17.8. The molecule has 0 fully saturated rings. The Kier molecular flexibility index (Phi) is 13.9. The first-order chi connectivity index (χ1) is 18.3. The number of unbranched alkanes of at least 4 members (excludes halogenated alkanes) is 12. The summed E-state index contributed by atoms with van der Waals surface area (Å²) in [7, 11) is 0. The second-order valence-corrected chi connectivity index (χ2v) is 10.6. The van der Waals surface area contributed by atoms with Gasteiger partial charge in [0.25, 0.3) is 0 Å². The van der Waals surface area contributed by atoms with Gasteiger partial charge >= 0.3 is 0 Å². The predicted molar refractivity (Wildman–Crippen MR) is 165 cm³/mol. The fourth-order valence-electron chi connectivity index (χ4n) is 5.14. The molecule has 3 rings (SSSR count). The zero-order chi connectivity index (χ0) is 26.0. The Hall–Kier alpha value is -2.61. The molecule has 200 valence electrons. The van der Waals surface area contributed by atoms with E-state index >= 15 is 0 Å². The smallest absolute Gasteiger partial charge is 0.0707 e. The zero-order valence-electron chi connectivity index (χ0n) is 23.6. The van der Waals surface area contributed by atoms with Crippen molar-refractivity contribution in [3.05, 3.63) is 71.9 Å². The Morgan fingerprint density at radius 1 is 0.595 bits per heavy atom. The zero-order valence-corrected chi connectivity index (χ0v) is 23.6. The van der Waals surface area contributed by atoms with Gasteiger partial charge in [-0.25, -0.2) is 0 Å². The molecule has 37 heavy (non-hydrogen) atoms. The molecular weight excluding hydrogens is 448 g/mol. The van der Waals surface area contributed by atoms with Crippen molar-refractivity contribution in [2.75, 3.05) is 18.0 Å². The van der Waals surface area contributed by atoms with E-state index in [9.17, 15) is 0 Å². The average molecular weight is 499 g/mol. The number of nitrogens with zero attached hydrogens (tertiary/aromatic N) is 2. The standard InChI is InChI=1S/C35H50N2/c1-3-5-7-9-11-13-17-29-37(30-18-14-12-10-8-6-4-2)33-25-22-31(23-26-33)21-24-32-27-28-36-35-20-16-15-19-34(32)35/h15-16,19-28H,3-14,17-18,29-30H2,1-2H3/b24-21+. The minimum absolute atomic E-state index is 1.05. The van der Waals surface area contributed by atoms with Gasteiger partial charge in [-0.05, 0) is 48.2 Å². The van der Waals surface area contributed by atoms with Gasteiger partial charge in [-0.3, -0.25) is 4.98 Å². The number of benzene rings is 2. The van der Waals surface area contributed by atoms with Crippen molar-refractivity contribution in [1.29, 1.82) is 0 Å². The average Bonchev–Trinajstić information content (AvgIpc) is 2.94. The number of hydrogen-bond donors (Lipinski definition) is 0. The molecule has 1 aromatic heterocycles. The minimum Gasteiger partial charge on any atom is -0.372 e. The van der Waals surface area contributed by atoms with E-state index in [1.807, 2.05) is 12.3 Å². The van der Waals surface area contributed by atoms with Gasteiger partial charge in [-0.2, -0.15) is 0 Å². The molecule has 3 aromatic rings. The van der Waals surface area contributed by atoms with E-state index in [0.717, 1.165) is 5.52 Å². The van der Waals surface area contributed by atoms with Crippen molar-refractivity contribution in [2.45, 2.75) is 104 Å². The van der Waals surface area contributed by atoms with Gasteiger partial charge in [0.1, 0.15) is 0 Å². The highest BCUT2D eigenvalue weighted by Crippen LogP contribution is 2.22. The lowest BCUT2D eigenvalue weighted by Gasteiger charge is -2.25. The third-order valence-electron chi connectivity index (χ3n) is 7.46. The maximum absolute atomic E-state index is 4.49. The molecule has 0 amide bonds. The van der Waals surface area contributed by atoms with Crippen molar-refractivity contribution in [3.63, 3.8) is 0 Å². The maximum atomic E-state index is 4.49. The number of anilines is 1. The SMILES string of the molecule is CCCCCCCCCN(CCCCCCCCC)c1ccc(/C=C/c2ccnc3ccccc23)cc1. The first kappa shape index (κ1) is 29.0. The van der Waals surface area contributed by atoms with Gasteiger partial charge in [0.2, 0.25) is 0 Å². The van der Waals surface area contributed by atoms with Crippen molar-refractivity contribution in [3.8, 4) is 0 Å². The Balaban J connectivity index is 1.55. The van der Waals surface area contributed by atoms with Crippen LogP contribution in [0.1, 0.15) is 115 Å².